The van der Waals surface area contributed by atoms with Gasteiger partial charge in [-0.3, -0.25) is 14.4 Å². The minimum absolute atomic E-state index is 0.00314. The van der Waals surface area contributed by atoms with Crippen molar-refractivity contribution in [1.82, 2.24) is 15.1 Å². The van der Waals surface area contributed by atoms with Gasteiger partial charge in [0.15, 0.2) is 0 Å². The van der Waals surface area contributed by atoms with Crippen molar-refractivity contribution in [2.24, 2.45) is 11.8 Å². The van der Waals surface area contributed by atoms with Gasteiger partial charge in [0.2, 0.25) is 22.9 Å². The Morgan fingerprint density at radius 1 is 1.00 bits per heavy atom. The molecule has 3 amide bonds. The van der Waals surface area contributed by atoms with Crippen LogP contribution < -0.4 is 10.2 Å². The van der Waals surface area contributed by atoms with Crippen LogP contribution in [-0.2, 0) is 20.8 Å². The molecule has 3 heterocycles. The van der Waals surface area contributed by atoms with E-state index in [1.165, 1.54) is 11.3 Å². The van der Waals surface area contributed by atoms with E-state index >= 15 is 0 Å². The van der Waals surface area contributed by atoms with Gasteiger partial charge in [-0.1, -0.05) is 53.3 Å². The molecular formula is C26H26ClN5O3S. The number of halogens is 1. The molecule has 36 heavy (non-hydrogen) atoms. The molecule has 0 bridgehead atoms. The van der Waals surface area contributed by atoms with Gasteiger partial charge in [0, 0.05) is 49.1 Å². The number of rotatable bonds is 6. The first-order valence-electron chi connectivity index (χ1n) is 12.0. The van der Waals surface area contributed by atoms with Gasteiger partial charge >= 0.3 is 0 Å². The molecule has 0 aliphatic carbocycles. The predicted octanol–water partition coefficient (Wildman–Crippen LogP) is 4.01. The van der Waals surface area contributed by atoms with Crippen LogP contribution in [0.4, 0.5) is 10.8 Å². The number of likely N-dealkylation sites (tertiary alicyclic amines) is 1. The van der Waals surface area contributed by atoms with E-state index in [-0.39, 0.29) is 36.0 Å². The molecule has 2 aliphatic rings. The molecule has 10 heteroatoms. The van der Waals surface area contributed by atoms with Crippen LogP contribution in [0.5, 0.6) is 0 Å². The molecule has 2 aromatic carbocycles. The topological polar surface area (TPSA) is 95.5 Å². The standard InChI is InChI=1S/C26H26ClN5O3S/c27-20-8-6-17(7-9-20)14-22-29-30-26(36-22)28-24(34)18-10-12-31(13-11-18)25(35)19-15-23(33)32(16-19)21-4-2-1-3-5-21/h1-9,18-19H,10-16H2,(H,28,30,34). The summed E-state index contributed by atoms with van der Waals surface area (Å²) in [6, 6.07) is 17.0. The Morgan fingerprint density at radius 2 is 1.72 bits per heavy atom. The summed E-state index contributed by atoms with van der Waals surface area (Å²) in [6.45, 7) is 1.41. The minimum Gasteiger partial charge on any atom is -0.342 e. The van der Waals surface area contributed by atoms with E-state index in [4.69, 9.17) is 11.6 Å². The number of aromatic nitrogens is 2. The maximum atomic E-state index is 13.1. The quantitative estimate of drug-likeness (QED) is 0.526. The average molecular weight is 524 g/mol. The summed E-state index contributed by atoms with van der Waals surface area (Å²) < 4.78 is 0. The van der Waals surface area contributed by atoms with Gasteiger partial charge in [0.05, 0.1) is 5.92 Å². The first-order chi connectivity index (χ1) is 17.5. The molecule has 1 aromatic heterocycles. The number of amides is 3. The number of hydrogen-bond acceptors (Lipinski definition) is 6. The monoisotopic (exact) mass is 523 g/mol. The largest absolute Gasteiger partial charge is 0.342 e. The molecule has 1 N–H and O–H groups in total. The number of benzene rings is 2. The smallest absolute Gasteiger partial charge is 0.229 e. The molecule has 0 radical (unpaired) electrons. The maximum absolute atomic E-state index is 13.1. The maximum Gasteiger partial charge on any atom is 0.229 e. The summed E-state index contributed by atoms with van der Waals surface area (Å²) in [5.74, 6) is -0.660. The van der Waals surface area contributed by atoms with E-state index in [1.54, 1.807) is 9.80 Å². The summed E-state index contributed by atoms with van der Waals surface area (Å²) in [6.07, 6.45) is 2.01. The van der Waals surface area contributed by atoms with Crippen molar-refractivity contribution in [2.75, 3.05) is 29.9 Å². The molecule has 5 rings (SSSR count). The fourth-order valence-electron chi connectivity index (χ4n) is 4.71. The lowest BCUT2D eigenvalue weighted by molar-refractivity contribution is -0.138. The highest BCUT2D eigenvalue weighted by atomic mass is 35.5. The van der Waals surface area contributed by atoms with E-state index in [0.29, 0.717) is 49.1 Å². The number of nitrogens with one attached hydrogen (secondary N) is 1. The van der Waals surface area contributed by atoms with Gasteiger partial charge in [-0.15, -0.1) is 10.2 Å². The number of hydrogen-bond donors (Lipinski definition) is 1. The lowest BCUT2D eigenvalue weighted by Crippen LogP contribution is -2.44. The van der Waals surface area contributed by atoms with Gasteiger partial charge in [-0.05, 0) is 42.7 Å². The van der Waals surface area contributed by atoms with E-state index in [2.05, 4.69) is 15.5 Å². The minimum atomic E-state index is -0.344. The lowest BCUT2D eigenvalue weighted by atomic mass is 9.94. The van der Waals surface area contributed by atoms with Crippen molar-refractivity contribution < 1.29 is 14.4 Å². The number of piperidine rings is 1. The predicted molar refractivity (Wildman–Crippen MR) is 139 cm³/mol. The van der Waals surface area contributed by atoms with Gasteiger partial charge in [-0.2, -0.15) is 0 Å². The third-order valence-electron chi connectivity index (χ3n) is 6.69. The number of carbonyl (C=O) groups excluding carboxylic acids is 3. The van der Waals surface area contributed by atoms with Gasteiger partial charge in [0.1, 0.15) is 5.01 Å². The molecule has 2 fully saturated rings. The molecule has 2 saturated heterocycles. The van der Waals surface area contributed by atoms with Crippen molar-refractivity contribution in [2.45, 2.75) is 25.7 Å². The van der Waals surface area contributed by atoms with Crippen LogP contribution in [0.2, 0.25) is 5.02 Å². The second-order valence-electron chi connectivity index (χ2n) is 9.13. The second-order valence-corrected chi connectivity index (χ2v) is 10.6. The summed E-state index contributed by atoms with van der Waals surface area (Å²) in [5.41, 5.74) is 1.89. The molecule has 186 valence electrons. The number of anilines is 2. The van der Waals surface area contributed by atoms with E-state index < -0.39 is 0 Å². The highest BCUT2D eigenvalue weighted by molar-refractivity contribution is 7.15. The first-order valence-corrected chi connectivity index (χ1v) is 13.2. The Hall–Kier alpha value is -3.30. The van der Waals surface area contributed by atoms with Crippen LogP contribution in [0.1, 0.15) is 29.8 Å². The van der Waals surface area contributed by atoms with Crippen LogP contribution in [-0.4, -0.2) is 52.5 Å². The molecule has 1 unspecified atom stereocenters. The summed E-state index contributed by atoms with van der Waals surface area (Å²) in [7, 11) is 0. The molecule has 1 atom stereocenters. The molecule has 0 saturated carbocycles. The molecule has 0 spiro atoms. The highest BCUT2D eigenvalue weighted by Gasteiger charge is 2.38. The number of para-hydroxylation sites is 1. The van der Waals surface area contributed by atoms with Crippen molar-refractivity contribution in [3.8, 4) is 0 Å². The van der Waals surface area contributed by atoms with Gasteiger partial charge in [-0.25, -0.2) is 0 Å². The average Bonchev–Trinajstić information content (AvgIpc) is 3.51. The second kappa shape index (κ2) is 10.8. The Labute approximate surface area is 218 Å². The SMILES string of the molecule is O=C(Nc1nnc(Cc2ccc(Cl)cc2)s1)C1CCN(C(=O)C2CC(=O)N(c3ccccc3)C2)CC1. The summed E-state index contributed by atoms with van der Waals surface area (Å²) in [4.78, 5) is 41.9. The van der Waals surface area contributed by atoms with Crippen molar-refractivity contribution >= 4 is 51.5 Å². The van der Waals surface area contributed by atoms with Gasteiger partial charge < -0.3 is 15.1 Å². The normalized spacial score (nSPS) is 18.5. The zero-order chi connectivity index (χ0) is 25.1. The third kappa shape index (κ3) is 5.57. The summed E-state index contributed by atoms with van der Waals surface area (Å²) >= 11 is 7.29. The molecular weight excluding hydrogens is 498 g/mol. The van der Waals surface area contributed by atoms with Crippen LogP contribution in [0.15, 0.2) is 54.6 Å². The third-order valence-corrected chi connectivity index (χ3v) is 7.78. The number of nitrogens with zero attached hydrogens (tertiary/aromatic N) is 4. The van der Waals surface area contributed by atoms with E-state index in [0.717, 1.165) is 16.3 Å². The van der Waals surface area contributed by atoms with Gasteiger partial charge in [0.25, 0.3) is 0 Å². The Kier molecular flexibility index (Phi) is 7.29. The van der Waals surface area contributed by atoms with Crippen LogP contribution in [0.3, 0.4) is 0 Å². The fraction of sp³-hybridized carbons (Fsp3) is 0.346. The van der Waals surface area contributed by atoms with Crippen LogP contribution >= 0.6 is 22.9 Å². The Balaban J connectivity index is 1.10. The van der Waals surface area contributed by atoms with Crippen molar-refractivity contribution in [3.63, 3.8) is 0 Å². The fourth-order valence-corrected chi connectivity index (χ4v) is 5.61. The van der Waals surface area contributed by atoms with Crippen LogP contribution in [0, 0.1) is 11.8 Å². The van der Waals surface area contributed by atoms with Crippen LogP contribution in [0.25, 0.3) is 0 Å². The number of carbonyl (C=O) groups is 3. The molecule has 3 aromatic rings. The highest BCUT2D eigenvalue weighted by Crippen LogP contribution is 2.28. The zero-order valence-electron chi connectivity index (χ0n) is 19.6. The van der Waals surface area contributed by atoms with E-state index in [9.17, 15) is 14.4 Å². The lowest BCUT2D eigenvalue weighted by Gasteiger charge is -2.32. The zero-order valence-corrected chi connectivity index (χ0v) is 21.2. The molecule has 8 nitrogen and oxygen atoms in total. The summed E-state index contributed by atoms with van der Waals surface area (Å²) in [5, 5.41) is 13.1. The van der Waals surface area contributed by atoms with Crippen molar-refractivity contribution in [3.05, 3.63) is 70.2 Å². The first kappa shape index (κ1) is 24.4. The molecule has 2 aliphatic heterocycles. The van der Waals surface area contributed by atoms with Crippen molar-refractivity contribution in [1.29, 1.82) is 0 Å². The Bertz CT molecular complexity index is 1240. The van der Waals surface area contributed by atoms with E-state index in [1.807, 2.05) is 54.6 Å². The Morgan fingerprint density at radius 3 is 2.44 bits per heavy atom.